The molecule has 7 heteroatoms. The lowest BCUT2D eigenvalue weighted by Gasteiger charge is -2.13. The highest BCUT2D eigenvalue weighted by molar-refractivity contribution is 8.00. The monoisotopic (exact) mass is 376 g/mol. The van der Waals surface area contributed by atoms with E-state index in [0.717, 1.165) is 16.5 Å². The number of halogens is 1. The summed E-state index contributed by atoms with van der Waals surface area (Å²) in [5.74, 6) is 1.68. The maximum Gasteiger partial charge on any atom is 0.233 e. The summed E-state index contributed by atoms with van der Waals surface area (Å²) in [7, 11) is 0. The molecule has 0 radical (unpaired) electrons. The highest BCUT2D eigenvalue weighted by Gasteiger charge is 2.37. The standard InChI is InChI=1S/C18H21ClN4OS/c1-11(17(24)20-10-13-4-2-3-5-15(13)19)25-18-22-21-16(12-6-7-12)23(18)14-8-9-14/h2-5,11-12,14H,6-10H2,1H3,(H,20,24). The lowest BCUT2D eigenvalue weighted by Crippen LogP contribution is -2.30. The number of benzene rings is 1. The Morgan fingerprint density at radius 3 is 2.76 bits per heavy atom. The van der Waals surface area contributed by atoms with Crippen LogP contribution in [0, 0.1) is 0 Å². The maximum atomic E-state index is 12.4. The number of hydrogen-bond acceptors (Lipinski definition) is 4. The first-order valence-electron chi connectivity index (χ1n) is 8.76. The van der Waals surface area contributed by atoms with Gasteiger partial charge in [-0.3, -0.25) is 4.79 Å². The van der Waals surface area contributed by atoms with Crippen LogP contribution in [0.2, 0.25) is 5.02 Å². The largest absolute Gasteiger partial charge is 0.351 e. The minimum absolute atomic E-state index is 0.0109. The highest BCUT2D eigenvalue weighted by Crippen LogP contribution is 2.46. The van der Waals surface area contributed by atoms with Crippen LogP contribution in [0.5, 0.6) is 0 Å². The fraction of sp³-hybridized carbons (Fsp3) is 0.500. The van der Waals surface area contributed by atoms with E-state index in [2.05, 4.69) is 20.1 Å². The molecule has 2 aliphatic rings. The second kappa shape index (κ2) is 7.00. The molecule has 2 fully saturated rings. The molecule has 5 nitrogen and oxygen atoms in total. The summed E-state index contributed by atoms with van der Waals surface area (Å²) >= 11 is 7.64. The van der Waals surface area contributed by atoms with Crippen molar-refractivity contribution in [1.82, 2.24) is 20.1 Å². The van der Waals surface area contributed by atoms with E-state index in [9.17, 15) is 4.79 Å². The second-order valence-electron chi connectivity index (χ2n) is 6.79. The van der Waals surface area contributed by atoms with E-state index in [0.29, 0.717) is 23.5 Å². The van der Waals surface area contributed by atoms with Crippen LogP contribution in [0.15, 0.2) is 29.4 Å². The number of carbonyl (C=O) groups excluding carboxylic acids is 1. The molecule has 2 aliphatic carbocycles. The molecule has 1 unspecified atom stereocenters. The summed E-state index contributed by atoms with van der Waals surface area (Å²) in [4.78, 5) is 12.4. The zero-order chi connectivity index (χ0) is 17.4. The molecule has 1 heterocycles. The van der Waals surface area contributed by atoms with Crippen molar-refractivity contribution in [3.63, 3.8) is 0 Å². The van der Waals surface area contributed by atoms with Crippen LogP contribution in [0.4, 0.5) is 0 Å². The normalized spacial score (nSPS) is 18.2. The van der Waals surface area contributed by atoms with E-state index in [1.807, 2.05) is 31.2 Å². The third-order valence-electron chi connectivity index (χ3n) is 4.61. The zero-order valence-corrected chi connectivity index (χ0v) is 15.7. The summed E-state index contributed by atoms with van der Waals surface area (Å²) in [5.41, 5.74) is 0.923. The second-order valence-corrected chi connectivity index (χ2v) is 8.50. The van der Waals surface area contributed by atoms with Gasteiger partial charge in [0.15, 0.2) is 5.16 Å². The number of amides is 1. The van der Waals surface area contributed by atoms with E-state index >= 15 is 0 Å². The lowest BCUT2D eigenvalue weighted by atomic mass is 10.2. The number of nitrogens with one attached hydrogen (secondary N) is 1. The van der Waals surface area contributed by atoms with Gasteiger partial charge in [0.05, 0.1) is 5.25 Å². The van der Waals surface area contributed by atoms with Gasteiger partial charge in [-0.05, 0) is 44.2 Å². The van der Waals surface area contributed by atoms with Crippen LogP contribution < -0.4 is 5.32 Å². The van der Waals surface area contributed by atoms with Gasteiger partial charge in [0.1, 0.15) is 5.82 Å². The molecule has 1 aromatic carbocycles. The van der Waals surface area contributed by atoms with Gasteiger partial charge in [-0.25, -0.2) is 0 Å². The van der Waals surface area contributed by atoms with Gasteiger partial charge in [0.2, 0.25) is 5.91 Å². The lowest BCUT2D eigenvalue weighted by molar-refractivity contribution is -0.120. The van der Waals surface area contributed by atoms with E-state index in [1.54, 1.807) is 0 Å². The van der Waals surface area contributed by atoms with Gasteiger partial charge < -0.3 is 9.88 Å². The van der Waals surface area contributed by atoms with Gasteiger partial charge in [-0.2, -0.15) is 0 Å². The van der Waals surface area contributed by atoms with Gasteiger partial charge >= 0.3 is 0 Å². The molecule has 4 rings (SSSR count). The summed E-state index contributed by atoms with van der Waals surface area (Å²) in [5, 5.41) is 13.1. The zero-order valence-electron chi connectivity index (χ0n) is 14.1. The number of rotatable bonds is 7. The molecule has 1 atom stereocenters. The number of thioether (sulfide) groups is 1. The van der Waals surface area contributed by atoms with Gasteiger partial charge in [0.25, 0.3) is 0 Å². The number of aromatic nitrogens is 3. The smallest absolute Gasteiger partial charge is 0.233 e. The summed E-state index contributed by atoms with van der Waals surface area (Å²) in [6.45, 7) is 2.35. The fourth-order valence-corrected chi connectivity index (χ4v) is 4.00. The maximum absolute atomic E-state index is 12.4. The third-order valence-corrected chi connectivity index (χ3v) is 6.03. The molecule has 1 amide bonds. The quantitative estimate of drug-likeness (QED) is 0.743. The molecule has 25 heavy (non-hydrogen) atoms. The predicted octanol–water partition coefficient (Wildman–Crippen LogP) is 3.94. The third kappa shape index (κ3) is 3.85. The predicted molar refractivity (Wildman–Crippen MR) is 98.9 cm³/mol. The average Bonchev–Trinajstić information content (AvgIpc) is 3.53. The first-order chi connectivity index (χ1) is 12.1. The number of hydrogen-bond donors (Lipinski definition) is 1. The van der Waals surface area contributed by atoms with Crippen molar-refractivity contribution in [2.75, 3.05) is 0 Å². The van der Waals surface area contributed by atoms with Crippen LogP contribution in [-0.2, 0) is 11.3 Å². The van der Waals surface area contributed by atoms with Crippen LogP contribution in [-0.4, -0.2) is 25.9 Å². The Labute approximate surface area is 156 Å². The molecular formula is C18H21ClN4OS. The Balaban J connectivity index is 1.39. The molecule has 0 aliphatic heterocycles. The Hall–Kier alpha value is -1.53. The van der Waals surface area contributed by atoms with Crippen molar-refractivity contribution in [3.8, 4) is 0 Å². The Morgan fingerprint density at radius 2 is 2.08 bits per heavy atom. The van der Waals surface area contributed by atoms with Crippen LogP contribution in [0.3, 0.4) is 0 Å². The summed E-state index contributed by atoms with van der Waals surface area (Å²) < 4.78 is 2.28. The molecule has 1 aromatic heterocycles. The minimum atomic E-state index is -0.226. The van der Waals surface area contributed by atoms with Gasteiger partial charge in [0, 0.05) is 23.5 Å². The molecule has 0 spiro atoms. The van der Waals surface area contributed by atoms with Crippen LogP contribution >= 0.6 is 23.4 Å². The Morgan fingerprint density at radius 1 is 1.32 bits per heavy atom. The molecule has 0 saturated heterocycles. The average molecular weight is 377 g/mol. The van der Waals surface area contributed by atoms with E-state index in [-0.39, 0.29) is 11.2 Å². The highest BCUT2D eigenvalue weighted by atomic mass is 35.5. The van der Waals surface area contributed by atoms with Gasteiger partial charge in [-0.15, -0.1) is 10.2 Å². The van der Waals surface area contributed by atoms with Gasteiger partial charge in [-0.1, -0.05) is 41.6 Å². The van der Waals surface area contributed by atoms with E-state index in [4.69, 9.17) is 11.6 Å². The Bertz CT molecular complexity index is 785. The molecule has 0 bridgehead atoms. The van der Waals surface area contributed by atoms with E-state index in [1.165, 1.54) is 37.4 Å². The van der Waals surface area contributed by atoms with Crippen molar-refractivity contribution in [3.05, 3.63) is 40.7 Å². The minimum Gasteiger partial charge on any atom is -0.351 e. The van der Waals surface area contributed by atoms with Crippen molar-refractivity contribution >= 4 is 29.3 Å². The number of nitrogens with zero attached hydrogens (tertiary/aromatic N) is 3. The van der Waals surface area contributed by atoms with Crippen molar-refractivity contribution in [2.24, 2.45) is 0 Å². The number of carbonyl (C=O) groups is 1. The molecular weight excluding hydrogens is 356 g/mol. The van der Waals surface area contributed by atoms with Crippen molar-refractivity contribution in [1.29, 1.82) is 0 Å². The summed E-state index contributed by atoms with van der Waals surface area (Å²) in [6.07, 6.45) is 4.81. The summed E-state index contributed by atoms with van der Waals surface area (Å²) in [6, 6.07) is 8.09. The fourth-order valence-electron chi connectivity index (χ4n) is 2.84. The van der Waals surface area contributed by atoms with Crippen molar-refractivity contribution < 1.29 is 4.79 Å². The van der Waals surface area contributed by atoms with Crippen LogP contribution in [0.1, 0.15) is 56.0 Å². The Kier molecular flexibility index (Phi) is 4.73. The first-order valence-corrected chi connectivity index (χ1v) is 10.0. The first kappa shape index (κ1) is 16.9. The SMILES string of the molecule is CC(Sc1nnc(C2CC2)n1C1CC1)C(=O)NCc1ccccc1Cl. The van der Waals surface area contributed by atoms with Crippen molar-refractivity contribution in [2.45, 2.75) is 61.5 Å². The molecule has 132 valence electrons. The molecule has 2 saturated carbocycles. The molecule has 1 N–H and O–H groups in total. The van der Waals surface area contributed by atoms with Crippen LogP contribution in [0.25, 0.3) is 0 Å². The molecule has 2 aromatic rings. The van der Waals surface area contributed by atoms with E-state index < -0.39 is 0 Å². The topological polar surface area (TPSA) is 59.8 Å².